The topological polar surface area (TPSA) is 53.3 Å². The molecule has 0 unspecified atom stereocenters. The Morgan fingerprint density at radius 2 is 1.92 bits per heavy atom. The normalized spacial score (nSPS) is 12.8. The van der Waals surface area contributed by atoms with E-state index in [9.17, 15) is 10.1 Å². The van der Waals surface area contributed by atoms with Crippen molar-refractivity contribution in [1.82, 2.24) is 4.90 Å². The standard InChI is InChI=1S/C21H18N2O2/c1-23(2)14-18(13-22)21(24)17-10-15-8-9-20(12-16(15)11-17)25-19-6-4-3-5-7-19/h3-9,11-12,14H,10H2,1-2H3. The number of carbonyl (C=O) groups is 1. The predicted octanol–water partition coefficient (Wildman–Crippen LogP) is 3.96. The number of fused-ring (bicyclic) bond motifs is 1. The smallest absolute Gasteiger partial charge is 0.201 e. The van der Waals surface area contributed by atoms with E-state index >= 15 is 0 Å². The fourth-order valence-corrected chi connectivity index (χ4v) is 2.72. The molecule has 4 nitrogen and oxygen atoms in total. The van der Waals surface area contributed by atoms with Crippen LogP contribution in [0.1, 0.15) is 11.1 Å². The summed E-state index contributed by atoms with van der Waals surface area (Å²) in [5.74, 6) is 1.26. The summed E-state index contributed by atoms with van der Waals surface area (Å²) in [5.41, 5.74) is 2.79. The predicted molar refractivity (Wildman–Crippen MR) is 97.0 cm³/mol. The van der Waals surface area contributed by atoms with Crippen LogP contribution in [-0.2, 0) is 11.2 Å². The van der Waals surface area contributed by atoms with Gasteiger partial charge in [-0.25, -0.2) is 0 Å². The highest BCUT2D eigenvalue weighted by Gasteiger charge is 2.22. The molecule has 0 aliphatic heterocycles. The Balaban J connectivity index is 1.82. The second-order valence-electron chi connectivity index (χ2n) is 6.07. The molecule has 3 rings (SSSR count). The molecule has 124 valence electrons. The summed E-state index contributed by atoms with van der Waals surface area (Å²) in [6, 6.07) is 17.3. The molecule has 1 aliphatic carbocycles. The molecule has 0 spiro atoms. The van der Waals surface area contributed by atoms with Crippen LogP contribution >= 0.6 is 0 Å². The van der Waals surface area contributed by atoms with E-state index in [1.165, 1.54) is 0 Å². The molecule has 0 amide bonds. The van der Waals surface area contributed by atoms with Crippen molar-refractivity contribution in [3.8, 4) is 17.6 Å². The van der Waals surface area contributed by atoms with Gasteiger partial charge in [0.1, 0.15) is 23.1 Å². The third-order valence-corrected chi connectivity index (χ3v) is 3.85. The van der Waals surface area contributed by atoms with E-state index in [0.717, 1.165) is 22.6 Å². The maximum absolute atomic E-state index is 12.5. The number of ketones is 1. The van der Waals surface area contributed by atoms with Crippen molar-refractivity contribution >= 4 is 11.9 Å². The molecule has 25 heavy (non-hydrogen) atoms. The zero-order valence-corrected chi connectivity index (χ0v) is 14.2. The summed E-state index contributed by atoms with van der Waals surface area (Å²) >= 11 is 0. The molecular formula is C21H18N2O2. The Kier molecular flexibility index (Phi) is 4.67. The lowest BCUT2D eigenvalue weighted by molar-refractivity contribution is -0.111. The number of rotatable bonds is 5. The number of allylic oxidation sites excluding steroid dienone is 2. The number of carbonyl (C=O) groups excluding carboxylic acids is 1. The first kappa shape index (κ1) is 16.5. The van der Waals surface area contributed by atoms with Crippen molar-refractivity contribution in [2.24, 2.45) is 0 Å². The summed E-state index contributed by atoms with van der Waals surface area (Å²) in [7, 11) is 3.57. The van der Waals surface area contributed by atoms with Crippen LogP contribution in [-0.4, -0.2) is 24.8 Å². The van der Waals surface area contributed by atoms with E-state index in [4.69, 9.17) is 4.74 Å². The van der Waals surface area contributed by atoms with E-state index in [0.29, 0.717) is 12.0 Å². The van der Waals surface area contributed by atoms with Crippen molar-refractivity contribution < 1.29 is 9.53 Å². The molecule has 0 saturated heterocycles. The van der Waals surface area contributed by atoms with Gasteiger partial charge in [-0.1, -0.05) is 24.3 Å². The number of nitrogens with zero attached hydrogens (tertiary/aromatic N) is 2. The van der Waals surface area contributed by atoms with Crippen molar-refractivity contribution in [2.45, 2.75) is 6.42 Å². The first-order valence-corrected chi connectivity index (χ1v) is 7.96. The van der Waals surface area contributed by atoms with Gasteiger partial charge in [0.2, 0.25) is 5.78 Å². The molecule has 2 aromatic carbocycles. The monoisotopic (exact) mass is 330 g/mol. The Morgan fingerprint density at radius 1 is 1.16 bits per heavy atom. The van der Waals surface area contributed by atoms with Crippen LogP contribution in [0.3, 0.4) is 0 Å². The maximum Gasteiger partial charge on any atom is 0.201 e. The SMILES string of the molecule is CN(C)C=C(C#N)C(=O)C1=Cc2cc(Oc3ccccc3)ccc2C1. The average molecular weight is 330 g/mol. The van der Waals surface area contributed by atoms with Gasteiger partial charge in [0.15, 0.2) is 0 Å². The number of benzene rings is 2. The van der Waals surface area contributed by atoms with Crippen LogP contribution < -0.4 is 4.74 Å². The van der Waals surface area contributed by atoms with Gasteiger partial charge in [0, 0.05) is 32.3 Å². The van der Waals surface area contributed by atoms with Gasteiger partial charge in [-0.2, -0.15) is 5.26 Å². The third-order valence-electron chi connectivity index (χ3n) is 3.85. The maximum atomic E-state index is 12.5. The van der Waals surface area contributed by atoms with Crippen LogP contribution in [0.15, 0.2) is 65.9 Å². The molecule has 4 heteroatoms. The lowest BCUT2D eigenvalue weighted by Gasteiger charge is -2.07. The molecular weight excluding hydrogens is 312 g/mol. The minimum absolute atomic E-state index is 0.143. The average Bonchev–Trinajstić information content (AvgIpc) is 3.03. The van der Waals surface area contributed by atoms with Gasteiger partial charge in [-0.15, -0.1) is 0 Å². The molecule has 2 aromatic rings. The van der Waals surface area contributed by atoms with Crippen LogP contribution in [0.4, 0.5) is 0 Å². The highest BCUT2D eigenvalue weighted by atomic mass is 16.5. The molecule has 0 radical (unpaired) electrons. The largest absolute Gasteiger partial charge is 0.457 e. The van der Waals surface area contributed by atoms with E-state index in [1.807, 2.05) is 60.7 Å². The number of Topliss-reactive ketones (excluding diaryl/α,β-unsaturated/α-hetero) is 1. The number of nitriles is 1. The highest BCUT2D eigenvalue weighted by Crippen LogP contribution is 2.31. The minimum Gasteiger partial charge on any atom is -0.457 e. The fraction of sp³-hybridized carbons (Fsp3) is 0.143. The van der Waals surface area contributed by atoms with E-state index in [-0.39, 0.29) is 11.4 Å². The molecule has 0 aromatic heterocycles. The Bertz CT molecular complexity index is 903. The van der Waals surface area contributed by atoms with E-state index < -0.39 is 0 Å². The van der Waals surface area contributed by atoms with E-state index in [2.05, 4.69) is 0 Å². The van der Waals surface area contributed by atoms with Crippen molar-refractivity contribution in [3.63, 3.8) is 0 Å². The number of hydrogen-bond acceptors (Lipinski definition) is 4. The lowest BCUT2D eigenvalue weighted by atomic mass is 10.0. The zero-order chi connectivity index (χ0) is 17.8. The van der Waals surface area contributed by atoms with Crippen LogP contribution in [0.5, 0.6) is 11.5 Å². The van der Waals surface area contributed by atoms with Crippen LogP contribution in [0, 0.1) is 11.3 Å². The number of hydrogen-bond donors (Lipinski definition) is 0. The van der Waals surface area contributed by atoms with Crippen molar-refractivity contribution in [2.75, 3.05) is 14.1 Å². The van der Waals surface area contributed by atoms with Crippen LogP contribution in [0.2, 0.25) is 0 Å². The lowest BCUT2D eigenvalue weighted by Crippen LogP contribution is -2.10. The number of ether oxygens (including phenoxy) is 1. The van der Waals surface area contributed by atoms with Crippen molar-refractivity contribution in [1.29, 1.82) is 5.26 Å². The molecule has 0 heterocycles. The van der Waals surface area contributed by atoms with Gasteiger partial charge in [-0.3, -0.25) is 4.79 Å². The summed E-state index contributed by atoms with van der Waals surface area (Å²) in [6.07, 6.45) is 3.93. The molecule has 0 saturated carbocycles. The molecule has 0 fully saturated rings. The van der Waals surface area contributed by atoms with Gasteiger partial charge >= 0.3 is 0 Å². The number of para-hydroxylation sites is 1. The zero-order valence-electron chi connectivity index (χ0n) is 14.2. The van der Waals surface area contributed by atoms with Gasteiger partial charge in [-0.05, 0) is 41.5 Å². The molecule has 0 bridgehead atoms. The minimum atomic E-state index is -0.224. The van der Waals surface area contributed by atoms with Gasteiger partial charge in [0.05, 0.1) is 0 Å². The Labute approximate surface area is 147 Å². The van der Waals surface area contributed by atoms with Gasteiger partial charge in [0.25, 0.3) is 0 Å². The summed E-state index contributed by atoms with van der Waals surface area (Å²) in [4.78, 5) is 14.2. The fourth-order valence-electron chi connectivity index (χ4n) is 2.72. The van der Waals surface area contributed by atoms with E-state index in [1.54, 1.807) is 25.2 Å². The van der Waals surface area contributed by atoms with Gasteiger partial charge < -0.3 is 9.64 Å². The highest BCUT2D eigenvalue weighted by molar-refractivity contribution is 6.14. The molecule has 0 N–H and O–H groups in total. The second-order valence-corrected chi connectivity index (χ2v) is 6.07. The Hall–Kier alpha value is -3.32. The van der Waals surface area contributed by atoms with Crippen molar-refractivity contribution in [3.05, 3.63) is 77.0 Å². The first-order chi connectivity index (χ1) is 12.1. The molecule has 0 atom stereocenters. The second kappa shape index (κ2) is 7.06. The summed E-state index contributed by atoms with van der Waals surface area (Å²) in [6.45, 7) is 0. The summed E-state index contributed by atoms with van der Waals surface area (Å²) in [5, 5.41) is 9.22. The first-order valence-electron chi connectivity index (χ1n) is 7.96. The van der Waals surface area contributed by atoms with Crippen LogP contribution in [0.25, 0.3) is 6.08 Å². The Morgan fingerprint density at radius 3 is 2.60 bits per heavy atom. The molecule has 1 aliphatic rings. The third kappa shape index (κ3) is 3.78. The summed E-state index contributed by atoms with van der Waals surface area (Å²) < 4.78 is 5.84. The quantitative estimate of drug-likeness (QED) is 0.615.